The number of nitrogens with zero attached hydrogens (tertiary/aromatic N) is 1. The van der Waals surface area contributed by atoms with Gasteiger partial charge >= 0.3 is 5.91 Å². The SMILES string of the molecule is CC[C@@H]1CCCN(CC(=O)NNC(=O)c2ccc(Br)o2)C1. The Balaban J connectivity index is 1.73. The van der Waals surface area contributed by atoms with Crippen LogP contribution in [-0.2, 0) is 4.79 Å². The summed E-state index contributed by atoms with van der Waals surface area (Å²) >= 11 is 3.12. The van der Waals surface area contributed by atoms with Crippen molar-refractivity contribution in [2.75, 3.05) is 19.6 Å². The molecule has 0 radical (unpaired) electrons. The Morgan fingerprint density at radius 1 is 1.43 bits per heavy atom. The second-order valence-electron chi connectivity index (χ2n) is 5.26. The number of carbonyl (C=O) groups is 2. The van der Waals surface area contributed by atoms with Crippen LogP contribution in [0.3, 0.4) is 0 Å². The Kier molecular flexibility index (Phi) is 5.81. The van der Waals surface area contributed by atoms with Gasteiger partial charge in [0.05, 0.1) is 6.54 Å². The summed E-state index contributed by atoms with van der Waals surface area (Å²) in [5.74, 6) is 0.123. The van der Waals surface area contributed by atoms with Crippen molar-refractivity contribution in [2.45, 2.75) is 26.2 Å². The largest absolute Gasteiger partial charge is 0.444 e. The van der Waals surface area contributed by atoms with Crippen molar-refractivity contribution in [3.63, 3.8) is 0 Å². The maximum atomic E-state index is 11.8. The van der Waals surface area contributed by atoms with E-state index < -0.39 is 5.91 Å². The number of likely N-dealkylation sites (tertiary alicyclic amines) is 1. The topological polar surface area (TPSA) is 74.6 Å². The molecule has 7 heteroatoms. The molecule has 0 saturated carbocycles. The van der Waals surface area contributed by atoms with E-state index in [2.05, 4.69) is 38.6 Å². The maximum absolute atomic E-state index is 11.8. The van der Waals surface area contributed by atoms with Gasteiger partial charge in [-0.05, 0) is 53.4 Å². The minimum atomic E-state index is -0.473. The van der Waals surface area contributed by atoms with E-state index in [9.17, 15) is 9.59 Å². The van der Waals surface area contributed by atoms with Crippen molar-refractivity contribution in [1.82, 2.24) is 15.8 Å². The van der Waals surface area contributed by atoms with Crippen molar-refractivity contribution < 1.29 is 14.0 Å². The van der Waals surface area contributed by atoms with Crippen molar-refractivity contribution in [3.05, 3.63) is 22.6 Å². The van der Waals surface area contributed by atoms with E-state index in [1.54, 1.807) is 6.07 Å². The predicted molar refractivity (Wildman–Crippen MR) is 81.5 cm³/mol. The number of hydrazine groups is 1. The summed E-state index contributed by atoms with van der Waals surface area (Å²) in [6.07, 6.45) is 3.50. The van der Waals surface area contributed by atoms with Crippen LogP contribution in [0.1, 0.15) is 36.7 Å². The van der Waals surface area contributed by atoms with Gasteiger partial charge in [-0.2, -0.15) is 0 Å². The molecule has 1 aliphatic rings. The molecule has 116 valence electrons. The molecule has 0 unspecified atom stereocenters. The summed E-state index contributed by atoms with van der Waals surface area (Å²) < 4.78 is 5.57. The molecule has 1 aromatic rings. The smallest absolute Gasteiger partial charge is 0.305 e. The minimum Gasteiger partial charge on any atom is -0.444 e. The average Bonchev–Trinajstić information content (AvgIpc) is 2.91. The lowest BCUT2D eigenvalue weighted by atomic mass is 9.96. The number of hydrogen-bond acceptors (Lipinski definition) is 4. The molecule has 0 aromatic carbocycles. The summed E-state index contributed by atoms with van der Waals surface area (Å²) in [7, 11) is 0. The van der Waals surface area contributed by atoms with Crippen molar-refractivity contribution in [2.24, 2.45) is 5.92 Å². The van der Waals surface area contributed by atoms with Crippen LogP contribution in [0, 0.1) is 5.92 Å². The first kappa shape index (κ1) is 16.0. The van der Waals surface area contributed by atoms with Gasteiger partial charge in [0, 0.05) is 6.54 Å². The third-order valence-corrected chi connectivity index (χ3v) is 4.09. The first-order valence-corrected chi connectivity index (χ1v) is 7.94. The Morgan fingerprint density at radius 2 is 2.24 bits per heavy atom. The van der Waals surface area contributed by atoms with Gasteiger partial charge in [-0.15, -0.1) is 0 Å². The second kappa shape index (κ2) is 7.61. The molecule has 0 bridgehead atoms. The molecule has 1 fully saturated rings. The highest BCUT2D eigenvalue weighted by Crippen LogP contribution is 2.18. The van der Waals surface area contributed by atoms with Gasteiger partial charge < -0.3 is 4.42 Å². The van der Waals surface area contributed by atoms with Crippen LogP contribution in [0.4, 0.5) is 0 Å². The Labute approximate surface area is 132 Å². The zero-order valence-electron chi connectivity index (χ0n) is 12.0. The summed E-state index contributed by atoms with van der Waals surface area (Å²) in [5.41, 5.74) is 4.76. The normalized spacial score (nSPS) is 19.2. The van der Waals surface area contributed by atoms with Gasteiger partial charge in [0.1, 0.15) is 0 Å². The molecular weight excluding hydrogens is 338 g/mol. The van der Waals surface area contributed by atoms with Crippen molar-refractivity contribution in [1.29, 1.82) is 0 Å². The number of halogens is 1. The van der Waals surface area contributed by atoms with Crippen LogP contribution in [0.5, 0.6) is 0 Å². The number of piperidine rings is 1. The Bertz CT molecular complexity index is 503. The summed E-state index contributed by atoms with van der Waals surface area (Å²) in [6.45, 7) is 4.36. The number of furan rings is 1. The zero-order valence-corrected chi connectivity index (χ0v) is 13.6. The Morgan fingerprint density at radius 3 is 2.90 bits per heavy atom. The van der Waals surface area contributed by atoms with E-state index >= 15 is 0 Å². The lowest BCUT2D eigenvalue weighted by Crippen LogP contribution is -2.48. The van der Waals surface area contributed by atoms with Gasteiger partial charge in [0.15, 0.2) is 10.4 Å². The maximum Gasteiger partial charge on any atom is 0.305 e. The quantitative estimate of drug-likeness (QED) is 0.807. The van der Waals surface area contributed by atoms with Gasteiger partial charge in [-0.3, -0.25) is 25.3 Å². The zero-order chi connectivity index (χ0) is 15.2. The van der Waals surface area contributed by atoms with Crippen LogP contribution in [0.25, 0.3) is 0 Å². The van der Waals surface area contributed by atoms with E-state index in [-0.39, 0.29) is 11.7 Å². The van der Waals surface area contributed by atoms with Crippen LogP contribution in [-0.4, -0.2) is 36.3 Å². The highest BCUT2D eigenvalue weighted by atomic mass is 79.9. The highest BCUT2D eigenvalue weighted by molar-refractivity contribution is 9.10. The number of rotatable bonds is 4. The standard InChI is InChI=1S/C14H20BrN3O3/c1-2-10-4-3-7-18(8-10)9-13(19)16-17-14(20)11-5-6-12(15)21-11/h5-6,10H,2-4,7-9H2,1H3,(H,16,19)(H,17,20)/t10-/m1/s1. The average molecular weight is 358 g/mol. The van der Waals surface area contributed by atoms with Gasteiger partial charge in [0.25, 0.3) is 5.91 Å². The minimum absolute atomic E-state index is 0.145. The fourth-order valence-corrected chi connectivity index (χ4v) is 2.80. The summed E-state index contributed by atoms with van der Waals surface area (Å²) in [5, 5.41) is 0. The molecule has 1 aliphatic heterocycles. The lowest BCUT2D eigenvalue weighted by Gasteiger charge is -2.31. The van der Waals surface area contributed by atoms with Gasteiger partial charge in [0.2, 0.25) is 0 Å². The number of amides is 2. The Hall–Kier alpha value is -1.34. The van der Waals surface area contributed by atoms with Crippen LogP contribution in [0.2, 0.25) is 0 Å². The third-order valence-electron chi connectivity index (χ3n) is 3.66. The number of nitrogens with one attached hydrogen (secondary N) is 2. The molecule has 1 aromatic heterocycles. The molecule has 2 N–H and O–H groups in total. The van der Waals surface area contributed by atoms with E-state index in [0.29, 0.717) is 17.1 Å². The number of carbonyl (C=O) groups excluding carboxylic acids is 2. The van der Waals surface area contributed by atoms with Gasteiger partial charge in [-0.25, -0.2) is 0 Å². The first-order valence-electron chi connectivity index (χ1n) is 7.15. The molecular formula is C14H20BrN3O3. The van der Waals surface area contributed by atoms with Crippen molar-refractivity contribution in [3.8, 4) is 0 Å². The van der Waals surface area contributed by atoms with Crippen LogP contribution in [0.15, 0.2) is 21.2 Å². The number of hydrogen-bond donors (Lipinski definition) is 2. The van der Waals surface area contributed by atoms with E-state index in [1.165, 1.54) is 12.5 Å². The fraction of sp³-hybridized carbons (Fsp3) is 0.571. The fourth-order valence-electron chi connectivity index (χ4n) is 2.50. The molecule has 0 spiro atoms. The van der Waals surface area contributed by atoms with Crippen LogP contribution >= 0.6 is 15.9 Å². The molecule has 2 heterocycles. The summed E-state index contributed by atoms with van der Waals surface area (Å²) in [4.78, 5) is 25.7. The molecule has 21 heavy (non-hydrogen) atoms. The molecule has 2 rings (SSSR count). The van der Waals surface area contributed by atoms with Crippen LogP contribution < -0.4 is 10.9 Å². The summed E-state index contributed by atoms with van der Waals surface area (Å²) in [6, 6.07) is 3.15. The van der Waals surface area contributed by atoms with Crippen molar-refractivity contribution >= 4 is 27.7 Å². The van der Waals surface area contributed by atoms with E-state index in [4.69, 9.17) is 4.42 Å². The van der Waals surface area contributed by atoms with Gasteiger partial charge in [-0.1, -0.05) is 13.3 Å². The molecule has 0 aliphatic carbocycles. The molecule has 6 nitrogen and oxygen atoms in total. The second-order valence-corrected chi connectivity index (χ2v) is 6.04. The molecule has 1 atom stereocenters. The third kappa shape index (κ3) is 4.86. The monoisotopic (exact) mass is 357 g/mol. The first-order chi connectivity index (χ1) is 10.1. The lowest BCUT2D eigenvalue weighted by molar-refractivity contribution is -0.123. The highest BCUT2D eigenvalue weighted by Gasteiger charge is 2.20. The van der Waals surface area contributed by atoms with E-state index in [1.807, 2.05) is 0 Å². The molecule has 2 amide bonds. The predicted octanol–water partition coefficient (Wildman–Crippen LogP) is 1.93. The van der Waals surface area contributed by atoms with E-state index in [0.717, 1.165) is 25.9 Å². The molecule has 1 saturated heterocycles.